The average molecular weight is 212 g/mol. The normalized spacial score (nSPS) is 11.6. The fourth-order valence-electron chi connectivity index (χ4n) is 0.719. The van der Waals surface area contributed by atoms with E-state index < -0.39 is 32.5 Å². The number of phenols is 1. The summed E-state index contributed by atoms with van der Waals surface area (Å²) in [5.74, 6) is -4.80. The van der Waals surface area contributed by atoms with Crippen LogP contribution in [0.4, 0.5) is 12.7 Å². The van der Waals surface area contributed by atoms with Gasteiger partial charge in [-0.3, -0.25) is 0 Å². The second-order valence-corrected chi connectivity index (χ2v) is 3.46. The minimum absolute atomic E-state index is 0.404. The van der Waals surface area contributed by atoms with E-state index in [0.717, 1.165) is 0 Å². The maximum atomic E-state index is 12.5. The standard InChI is InChI=1S/C6H3F3O3S/c7-3-1-2-4(13(9,11)12)6(10)5(3)8/h1-2,10H. The molecule has 0 heterocycles. The Morgan fingerprint density at radius 3 is 2.23 bits per heavy atom. The van der Waals surface area contributed by atoms with Crippen LogP contribution in [-0.2, 0) is 10.2 Å². The predicted octanol–water partition coefficient (Wildman–Crippen LogP) is 1.33. The van der Waals surface area contributed by atoms with Gasteiger partial charge in [-0.05, 0) is 12.1 Å². The van der Waals surface area contributed by atoms with E-state index in [4.69, 9.17) is 5.11 Å². The predicted molar refractivity (Wildman–Crippen MR) is 36.3 cm³/mol. The number of halogens is 3. The van der Waals surface area contributed by atoms with Crippen molar-refractivity contribution in [2.24, 2.45) is 0 Å². The van der Waals surface area contributed by atoms with Crippen molar-refractivity contribution in [3.05, 3.63) is 23.8 Å². The first-order valence-corrected chi connectivity index (χ1v) is 4.34. The molecule has 13 heavy (non-hydrogen) atoms. The molecule has 0 atom stereocenters. The lowest BCUT2D eigenvalue weighted by Gasteiger charge is -2.00. The average Bonchev–Trinajstić information content (AvgIpc) is 1.98. The Kier molecular flexibility index (Phi) is 2.21. The van der Waals surface area contributed by atoms with Crippen molar-refractivity contribution < 1.29 is 26.2 Å². The van der Waals surface area contributed by atoms with Crippen LogP contribution in [0.2, 0.25) is 0 Å². The maximum absolute atomic E-state index is 12.5. The Bertz CT molecular complexity index is 441. The van der Waals surface area contributed by atoms with E-state index in [9.17, 15) is 21.1 Å². The van der Waals surface area contributed by atoms with Crippen molar-refractivity contribution in [2.75, 3.05) is 0 Å². The molecule has 1 rings (SSSR count). The van der Waals surface area contributed by atoms with Gasteiger partial charge < -0.3 is 5.11 Å². The highest BCUT2D eigenvalue weighted by Crippen LogP contribution is 2.28. The number of aromatic hydroxyl groups is 1. The molecule has 0 spiro atoms. The third kappa shape index (κ3) is 1.74. The molecular weight excluding hydrogens is 209 g/mol. The molecule has 0 saturated heterocycles. The first kappa shape index (κ1) is 9.85. The molecule has 0 aromatic heterocycles. The molecule has 1 aromatic carbocycles. The van der Waals surface area contributed by atoms with Crippen molar-refractivity contribution >= 4 is 10.2 Å². The molecule has 0 aliphatic carbocycles. The zero-order valence-corrected chi connectivity index (χ0v) is 6.78. The van der Waals surface area contributed by atoms with Crippen molar-refractivity contribution in [3.8, 4) is 5.75 Å². The molecule has 0 radical (unpaired) electrons. The molecule has 3 nitrogen and oxygen atoms in total. The summed E-state index contributed by atoms with van der Waals surface area (Å²) in [5.41, 5.74) is 0. The summed E-state index contributed by atoms with van der Waals surface area (Å²) in [4.78, 5) is -1.29. The van der Waals surface area contributed by atoms with Crippen LogP contribution >= 0.6 is 0 Å². The number of phenolic OH excluding ortho intramolecular Hbond substituents is 1. The minimum atomic E-state index is -5.23. The summed E-state index contributed by atoms with van der Waals surface area (Å²) < 4.78 is 57.4. The fourth-order valence-corrected chi connectivity index (χ4v) is 1.27. The SMILES string of the molecule is O=S(=O)(F)c1ccc(F)c(F)c1O. The smallest absolute Gasteiger partial charge is 0.335 e. The topological polar surface area (TPSA) is 54.4 Å². The van der Waals surface area contributed by atoms with Crippen LogP contribution in [0.15, 0.2) is 17.0 Å². The molecule has 0 bridgehead atoms. The van der Waals surface area contributed by atoms with Gasteiger partial charge in [-0.25, -0.2) is 4.39 Å². The number of hydrogen-bond donors (Lipinski definition) is 1. The second-order valence-electron chi connectivity index (χ2n) is 2.15. The molecule has 0 aliphatic heterocycles. The van der Waals surface area contributed by atoms with Crippen molar-refractivity contribution in [2.45, 2.75) is 4.90 Å². The third-order valence-corrected chi connectivity index (χ3v) is 2.15. The second kappa shape index (κ2) is 2.91. The van der Waals surface area contributed by atoms with Crippen molar-refractivity contribution in [1.82, 2.24) is 0 Å². The quantitative estimate of drug-likeness (QED) is 0.714. The lowest BCUT2D eigenvalue weighted by molar-refractivity contribution is 0.392. The maximum Gasteiger partial charge on any atom is 0.335 e. The zero-order chi connectivity index (χ0) is 10.2. The summed E-state index contributed by atoms with van der Waals surface area (Å²) in [6.45, 7) is 0. The lowest BCUT2D eigenvalue weighted by Crippen LogP contribution is -1.96. The van der Waals surface area contributed by atoms with Gasteiger partial charge in [-0.15, -0.1) is 3.89 Å². The van der Waals surface area contributed by atoms with Gasteiger partial charge in [0.05, 0.1) is 0 Å². The largest absolute Gasteiger partial charge is 0.504 e. The lowest BCUT2D eigenvalue weighted by atomic mass is 10.3. The van der Waals surface area contributed by atoms with E-state index in [1.165, 1.54) is 0 Å². The first-order chi connectivity index (χ1) is 5.84. The molecule has 7 heteroatoms. The summed E-state index contributed by atoms with van der Waals surface area (Å²) in [6, 6.07) is 0.838. The van der Waals surface area contributed by atoms with Gasteiger partial charge in [0.25, 0.3) is 0 Å². The molecular formula is C6H3F3O3S. The number of benzene rings is 1. The Hall–Kier alpha value is -1.24. The van der Waals surface area contributed by atoms with Gasteiger partial charge in [0.2, 0.25) is 5.82 Å². The van der Waals surface area contributed by atoms with E-state index in [2.05, 4.69) is 0 Å². The minimum Gasteiger partial charge on any atom is -0.504 e. The monoisotopic (exact) mass is 212 g/mol. The van der Waals surface area contributed by atoms with E-state index in [0.29, 0.717) is 12.1 Å². The van der Waals surface area contributed by atoms with Crippen LogP contribution in [-0.4, -0.2) is 13.5 Å². The van der Waals surface area contributed by atoms with Crippen LogP contribution in [0.3, 0.4) is 0 Å². The molecule has 0 aliphatic rings. The molecule has 1 N–H and O–H groups in total. The van der Waals surface area contributed by atoms with Crippen LogP contribution < -0.4 is 0 Å². The van der Waals surface area contributed by atoms with Gasteiger partial charge in [0.15, 0.2) is 11.6 Å². The van der Waals surface area contributed by atoms with E-state index in [1.54, 1.807) is 0 Å². The van der Waals surface area contributed by atoms with E-state index in [1.807, 2.05) is 0 Å². The van der Waals surface area contributed by atoms with Crippen LogP contribution in [0.25, 0.3) is 0 Å². The fraction of sp³-hybridized carbons (Fsp3) is 0. The van der Waals surface area contributed by atoms with Gasteiger partial charge in [-0.1, -0.05) is 0 Å². The van der Waals surface area contributed by atoms with Gasteiger partial charge in [-0.2, -0.15) is 12.8 Å². The van der Waals surface area contributed by atoms with Crippen LogP contribution in [0, 0.1) is 11.6 Å². The van der Waals surface area contributed by atoms with Crippen molar-refractivity contribution in [3.63, 3.8) is 0 Å². The zero-order valence-electron chi connectivity index (χ0n) is 5.96. The Labute approximate surface area is 71.6 Å². The van der Waals surface area contributed by atoms with E-state index in [-0.39, 0.29) is 0 Å². The highest BCUT2D eigenvalue weighted by molar-refractivity contribution is 7.86. The highest BCUT2D eigenvalue weighted by atomic mass is 32.3. The molecule has 0 unspecified atom stereocenters. The molecule has 72 valence electrons. The summed E-state index contributed by atoms with van der Waals surface area (Å²) >= 11 is 0. The number of rotatable bonds is 1. The van der Waals surface area contributed by atoms with Crippen LogP contribution in [0.1, 0.15) is 0 Å². The van der Waals surface area contributed by atoms with Gasteiger partial charge >= 0.3 is 10.2 Å². The third-order valence-electron chi connectivity index (χ3n) is 1.29. The van der Waals surface area contributed by atoms with Gasteiger partial charge in [0, 0.05) is 0 Å². The van der Waals surface area contributed by atoms with Crippen LogP contribution in [0.5, 0.6) is 5.75 Å². The van der Waals surface area contributed by atoms with Crippen molar-refractivity contribution in [1.29, 1.82) is 0 Å². The molecule has 1 aromatic rings. The van der Waals surface area contributed by atoms with E-state index >= 15 is 0 Å². The summed E-state index contributed by atoms with van der Waals surface area (Å²) in [7, 11) is -5.23. The molecule has 0 amide bonds. The Morgan fingerprint density at radius 1 is 1.23 bits per heavy atom. The first-order valence-electron chi connectivity index (χ1n) is 2.95. The highest BCUT2D eigenvalue weighted by Gasteiger charge is 2.22. The molecule has 0 saturated carbocycles. The number of hydrogen-bond acceptors (Lipinski definition) is 3. The molecule has 0 fully saturated rings. The van der Waals surface area contributed by atoms with Gasteiger partial charge in [0.1, 0.15) is 4.90 Å². The summed E-state index contributed by atoms with van der Waals surface area (Å²) in [5, 5.41) is 8.68. The Balaban J connectivity index is 3.53. The summed E-state index contributed by atoms with van der Waals surface area (Å²) in [6.07, 6.45) is 0. The Morgan fingerprint density at radius 2 is 1.77 bits per heavy atom.